The van der Waals surface area contributed by atoms with Gasteiger partial charge in [0, 0.05) is 5.56 Å². The molecule has 128 valence electrons. The van der Waals surface area contributed by atoms with E-state index in [1.54, 1.807) is 30.3 Å². The van der Waals surface area contributed by atoms with Crippen molar-refractivity contribution >= 4 is 11.9 Å². The van der Waals surface area contributed by atoms with Crippen molar-refractivity contribution in [1.82, 2.24) is 15.0 Å². The molecule has 1 aromatic heterocycles. The average molecular weight is 341 g/mol. The Kier molecular flexibility index (Phi) is 4.60. The van der Waals surface area contributed by atoms with E-state index in [9.17, 15) is 4.39 Å². The highest BCUT2D eigenvalue weighted by Crippen LogP contribution is 2.32. The highest BCUT2D eigenvalue weighted by Gasteiger charge is 2.11. The molecule has 0 bridgehead atoms. The summed E-state index contributed by atoms with van der Waals surface area (Å²) in [4.78, 5) is 11.8. The number of rotatable bonds is 5. The quantitative estimate of drug-likeness (QED) is 0.733. The van der Waals surface area contributed by atoms with Gasteiger partial charge in [0.05, 0.1) is 7.11 Å². The number of ether oxygens (including phenoxy) is 2. The second kappa shape index (κ2) is 7.00. The number of benzene rings is 2. The molecule has 0 spiro atoms. The van der Waals surface area contributed by atoms with Crippen LogP contribution in [0.4, 0.5) is 16.3 Å². The Hall–Kier alpha value is -3.42. The van der Waals surface area contributed by atoms with E-state index in [1.165, 1.54) is 19.2 Å². The van der Waals surface area contributed by atoms with Crippen molar-refractivity contribution in [2.75, 3.05) is 18.6 Å². The van der Waals surface area contributed by atoms with Gasteiger partial charge in [-0.15, -0.1) is 0 Å². The fraction of sp³-hybridized carbons (Fsp3) is 0.118. The summed E-state index contributed by atoms with van der Waals surface area (Å²) in [6, 6.07) is 11.3. The third kappa shape index (κ3) is 3.92. The fourth-order valence-electron chi connectivity index (χ4n) is 2.21. The van der Waals surface area contributed by atoms with E-state index in [1.807, 2.05) is 0 Å². The molecule has 7 nitrogen and oxygen atoms in total. The highest BCUT2D eigenvalue weighted by molar-refractivity contribution is 5.62. The summed E-state index contributed by atoms with van der Waals surface area (Å²) in [5.41, 5.74) is 12.7. The summed E-state index contributed by atoms with van der Waals surface area (Å²) in [5.74, 6) is 1.16. The lowest BCUT2D eigenvalue weighted by atomic mass is 10.2. The SMILES string of the molecule is COc1cc(-c2nc(N)nc(N)n2)ccc1OCc1ccc(F)cc1. The number of nitrogens with zero attached hydrogens (tertiary/aromatic N) is 3. The first-order valence-electron chi connectivity index (χ1n) is 7.38. The van der Waals surface area contributed by atoms with Crippen molar-refractivity contribution in [3.8, 4) is 22.9 Å². The van der Waals surface area contributed by atoms with Crippen LogP contribution in [0.3, 0.4) is 0 Å². The lowest BCUT2D eigenvalue weighted by molar-refractivity contribution is 0.284. The number of aromatic nitrogens is 3. The molecule has 2 aromatic carbocycles. The van der Waals surface area contributed by atoms with Gasteiger partial charge in [-0.05, 0) is 35.9 Å². The zero-order chi connectivity index (χ0) is 17.8. The number of hydrogen-bond donors (Lipinski definition) is 2. The summed E-state index contributed by atoms with van der Waals surface area (Å²) in [7, 11) is 1.53. The molecule has 0 saturated heterocycles. The minimum Gasteiger partial charge on any atom is -0.493 e. The fourth-order valence-corrected chi connectivity index (χ4v) is 2.21. The number of nitrogen functional groups attached to an aromatic ring is 2. The number of anilines is 2. The predicted molar refractivity (Wildman–Crippen MR) is 91.4 cm³/mol. The maximum atomic E-state index is 12.9. The van der Waals surface area contributed by atoms with Crippen LogP contribution in [-0.2, 0) is 6.61 Å². The normalized spacial score (nSPS) is 10.5. The van der Waals surface area contributed by atoms with E-state index >= 15 is 0 Å². The number of nitrogens with two attached hydrogens (primary N) is 2. The minimum absolute atomic E-state index is 0.0399. The number of halogens is 1. The van der Waals surface area contributed by atoms with Crippen LogP contribution in [0.25, 0.3) is 11.4 Å². The van der Waals surface area contributed by atoms with Gasteiger partial charge in [-0.2, -0.15) is 15.0 Å². The predicted octanol–water partition coefficient (Wildman–Crippen LogP) is 2.43. The Bertz CT molecular complexity index is 866. The Morgan fingerprint density at radius 2 is 1.60 bits per heavy atom. The minimum atomic E-state index is -0.290. The smallest absolute Gasteiger partial charge is 0.225 e. The molecule has 1 heterocycles. The van der Waals surface area contributed by atoms with Gasteiger partial charge in [0.15, 0.2) is 17.3 Å². The van der Waals surface area contributed by atoms with E-state index in [0.717, 1.165) is 5.56 Å². The van der Waals surface area contributed by atoms with E-state index in [0.29, 0.717) is 22.9 Å². The summed E-state index contributed by atoms with van der Waals surface area (Å²) < 4.78 is 24.0. The molecule has 0 amide bonds. The molecular formula is C17H16FN5O2. The Morgan fingerprint density at radius 3 is 2.24 bits per heavy atom. The second-order valence-corrected chi connectivity index (χ2v) is 5.16. The van der Waals surface area contributed by atoms with E-state index in [4.69, 9.17) is 20.9 Å². The first-order chi connectivity index (χ1) is 12.0. The van der Waals surface area contributed by atoms with Gasteiger partial charge in [0.1, 0.15) is 12.4 Å². The van der Waals surface area contributed by atoms with Crippen molar-refractivity contribution in [3.63, 3.8) is 0 Å². The lowest BCUT2D eigenvalue weighted by Crippen LogP contribution is -2.04. The van der Waals surface area contributed by atoms with Crippen molar-refractivity contribution in [2.24, 2.45) is 0 Å². The topological polar surface area (TPSA) is 109 Å². The molecule has 3 aromatic rings. The zero-order valence-corrected chi connectivity index (χ0v) is 13.4. The van der Waals surface area contributed by atoms with Crippen LogP contribution < -0.4 is 20.9 Å². The van der Waals surface area contributed by atoms with Crippen LogP contribution in [0.5, 0.6) is 11.5 Å². The number of hydrogen-bond acceptors (Lipinski definition) is 7. The molecule has 0 fully saturated rings. The van der Waals surface area contributed by atoms with Gasteiger partial charge >= 0.3 is 0 Å². The summed E-state index contributed by atoms with van der Waals surface area (Å²) >= 11 is 0. The highest BCUT2D eigenvalue weighted by atomic mass is 19.1. The molecule has 4 N–H and O–H groups in total. The molecule has 3 rings (SSSR count). The summed E-state index contributed by atoms with van der Waals surface area (Å²) in [5, 5.41) is 0. The average Bonchev–Trinajstić information content (AvgIpc) is 2.60. The first-order valence-corrected chi connectivity index (χ1v) is 7.38. The summed E-state index contributed by atoms with van der Waals surface area (Å²) in [6.45, 7) is 0.279. The Morgan fingerprint density at radius 1 is 0.920 bits per heavy atom. The van der Waals surface area contributed by atoms with Crippen molar-refractivity contribution in [2.45, 2.75) is 6.61 Å². The van der Waals surface area contributed by atoms with E-state index in [2.05, 4.69) is 15.0 Å². The van der Waals surface area contributed by atoms with Gasteiger partial charge in [-0.1, -0.05) is 12.1 Å². The van der Waals surface area contributed by atoms with E-state index < -0.39 is 0 Å². The molecule has 0 aliphatic carbocycles. The molecule has 0 aliphatic rings. The van der Waals surface area contributed by atoms with Crippen LogP contribution in [-0.4, -0.2) is 22.1 Å². The largest absolute Gasteiger partial charge is 0.493 e. The monoisotopic (exact) mass is 341 g/mol. The number of methoxy groups -OCH3 is 1. The van der Waals surface area contributed by atoms with Gasteiger partial charge in [-0.25, -0.2) is 4.39 Å². The standard InChI is InChI=1S/C17H16FN5O2/c1-24-14-8-11(15-21-16(19)23-17(20)22-15)4-7-13(14)25-9-10-2-5-12(18)6-3-10/h2-8H,9H2,1H3,(H4,19,20,21,22,23). The van der Waals surface area contributed by atoms with Crippen LogP contribution in [0.1, 0.15) is 5.56 Å². The molecule has 25 heavy (non-hydrogen) atoms. The molecular weight excluding hydrogens is 325 g/mol. The Labute approximate surface area is 143 Å². The zero-order valence-electron chi connectivity index (χ0n) is 13.4. The van der Waals surface area contributed by atoms with Crippen LogP contribution in [0.2, 0.25) is 0 Å². The molecule has 0 radical (unpaired) electrons. The molecule has 0 saturated carbocycles. The molecule has 8 heteroatoms. The van der Waals surface area contributed by atoms with Crippen molar-refractivity contribution in [1.29, 1.82) is 0 Å². The maximum absolute atomic E-state index is 12.9. The van der Waals surface area contributed by atoms with E-state index in [-0.39, 0.29) is 24.3 Å². The lowest BCUT2D eigenvalue weighted by Gasteiger charge is -2.12. The second-order valence-electron chi connectivity index (χ2n) is 5.16. The van der Waals surface area contributed by atoms with Crippen molar-refractivity contribution in [3.05, 3.63) is 53.8 Å². The van der Waals surface area contributed by atoms with Crippen molar-refractivity contribution < 1.29 is 13.9 Å². The third-order valence-corrected chi connectivity index (χ3v) is 3.40. The van der Waals surface area contributed by atoms with Gasteiger partial charge < -0.3 is 20.9 Å². The van der Waals surface area contributed by atoms with Gasteiger partial charge in [0.2, 0.25) is 11.9 Å². The first kappa shape index (κ1) is 16.4. The van der Waals surface area contributed by atoms with Gasteiger partial charge in [0.25, 0.3) is 0 Å². The molecule has 0 unspecified atom stereocenters. The molecule has 0 aliphatic heterocycles. The third-order valence-electron chi connectivity index (χ3n) is 3.40. The Balaban J connectivity index is 1.82. The van der Waals surface area contributed by atoms with Crippen LogP contribution in [0, 0.1) is 5.82 Å². The van der Waals surface area contributed by atoms with Crippen LogP contribution in [0.15, 0.2) is 42.5 Å². The maximum Gasteiger partial charge on any atom is 0.225 e. The van der Waals surface area contributed by atoms with Gasteiger partial charge in [-0.3, -0.25) is 0 Å². The summed E-state index contributed by atoms with van der Waals surface area (Å²) in [6.07, 6.45) is 0. The van der Waals surface area contributed by atoms with Crippen LogP contribution >= 0.6 is 0 Å². The molecule has 0 atom stereocenters.